The van der Waals surface area contributed by atoms with Crippen molar-refractivity contribution in [2.75, 3.05) is 17.3 Å². The van der Waals surface area contributed by atoms with E-state index in [1.807, 2.05) is 0 Å². The summed E-state index contributed by atoms with van der Waals surface area (Å²) < 4.78 is 22.2. The molecular weight excluding hydrogens is 252 g/mol. The molecule has 1 aliphatic rings. The van der Waals surface area contributed by atoms with E-state index in [1.165, 1.54) is 0 Å². The molecule has 1 amide bonds. The van der Waals surface area contributed by atoms with Crippen molar-refractivity contribution in [3.63, 3.8) is 0 Å². The van der Waals surface area contributed by atoms with Gasteiger partial charge in [-0.1, -0.05) is 11.8 Å². The number of carbonyl (C=O) groups excluding carboxylic acids is 1. The zero-order valence-corrected chi connectivity index (χ0v) is 10.2. The van der Waals surface area contributed by atoms with Crippen molar-refractivity contribution in [3.8, 4) is 0 Å². The van der Waals surface area contributed by atoms with Crippen molar-refractivity contribution < 1.29 is 13.2 Å². The van der Waals surface area contributed by atoms with Crippen LogP contribution < -0.4 is 16.9 Å². The van der Waals surface area contributed by atoms with Gasteiger partial charge in [0.05, 0.1) is 17.3 Å². The summed E-state index contributed by atoms with van der Waals surface area (Å²) in [5.41, 5.74) is 5.28. The second-order valence-electron chi connectivity index (χ2n) is 3.42. The highest BCUT2D eigenvalue weighted by molar-refractivity contribution is 8.14. The van der Waals surface area contributed by atoms with Gasteiger partial charge in [-0.25, -0.2) is 8.42 Å². The lowest BCUT2D eigenvalue weighted by molar-refractivity contribution is -0.119. The summed E-state index contributed by atoms with van der Waals surface area (Å²) in [4.78, 5) is 11.4. The molecule has 1 heterocycles. The van der Waals surface area contributed by atoms with Crippen LogP contribution in [0.5, 0.6) is 0 Å². The first-order valence-electron chi connectivity index (χ1n) is 4.59. The van der Waals surface area contributed by atoms with Crippen LogP contribution >= 0.6 is 11.8 Å². The second kappa shape index (κ2) is 5.39. The number of thioether (sulfide) groups is 1. The fourth-order valence-corrected chi connectivity index (χ4v) is 3.47. The molecule has 1 unspecified atom stereocenters. The van der Waals surface area contributed by atoms with Gasteiger partial charge in [0.15, 0.2) is 15.0 Å². The van der Waals surface area contributed by atoms with E-state index in [4.69, 9.17) is 11.6 Å². The number of hydrogen-bond acceptors (Lipinski definition) is 6. The van der Waals surface area contributed by atoms with E-state index in [0.717, 1.165) is 11.8 Å². The highest BCUT2D eigenvalue weighted by Crippen LogP contribution is 2.11. The van der Waals surface area contributed by atoms with Gasteiger partial charge >= 0.3 is 0 Å². The van der Waals surface area contributed by atoms with Crippen molar-refractivity contribution in [2.45, 2.75) is 12.5 Å². The van der Waals surface area contributed by atoms with Crippen LogP contribution in [0.3, 0.4) is 0 Å². The Hall–Kier alpha value is -0.960. The number of amidine groups is 1. The SMILES string of the molecule is NN=C(N)SCC(=O)NC1CCS(=O)(=O)C1. The summed E-state index contributed by atoms with van der Waals surface area (Å²) >= 11 is 1.01. The Labute approximate surface area is 97.9 Å². The molecule has 9 heteroatoms. The molecule has 1 fully saturated rings. The zero-order chi connectivity index (χ0) is 12.2. The summed E-state index contributed by atoms with van der Waals surface area (Å²) in [5, 5.41) is 5.94. The minimum atomic E-state index is -2.97. The lowest BCUT2D eigenvalue weighted by Gasteiger charge is -2.09. The van der Waals surface area contributed by atoms with E-state index >= 15 is 0 Å². The third kappa shape index (κ3) is 4.27. The first kappa shape index (κ1) is 13.1. The minimum Gasteiger partial charge on any atom is -0.377 e. The Morgan fingerprint density at radius 2 is 2.25 bits per heavy atom. The standard InChI is InChI=1S/C7H14N4O3S2/c8-7(11-9)15-3-6(12)10-5-1-2-16(13,14)4-5/h5H,1-4,9H2,(H2,8,11)(H,10,12). The molecule has 1 atom stereocenters. The third-order valence-corrected chi connectivity index (χ3v) is 4.65. The van der Waals surface area contributed by atoms with Crippen LogP contribution in [-0.4, -0.2) is 42.8 Å². The van der Waals surface area contributed by atoms with E-state index in [-0.39, 0.29) is 34.4 Å². The first-order valence-corrected chi connectivity index (χ1v) is 7.39. The molecule has 1 rings (SSSR count). The van der Waals surface area contributed by atoms with Crippen LogP contribution in [0.25, 0.3) is 0 Å². The zero-order valence-electron chi connectivity index (χ0n) is 8.55. The molecule has 0 aliphatic carbocycles. The Morgan fingerprint density at radius 3 is 2.75 bits per heavy atom. The number of hydrazone groups is 1. The van der Waals surface area contributed by atoms with E-state index in [0.29, 0.717) is 6.42 Å². The predicted octanol–water partition coefficient (Wildman–Crippen LogP) is -1.79. The molecule has 0 spiro atoms. The number of nitrogens with one attached hydrogen (secondary N) is 1. The fraction of sp³-hybridized carbons (Fsp3) is 0.714. The summed E-state index contributed by atoms with van der Waals surface area (Å²) in [6.07, 6.45) is 0.471. The van der Waals surface area contributed by atoms with Gasteiger partial charge in [-0.15, -0.1) is 0 Å². The van der Waals surface area contributed by atoms with Gasteiger partial charge in [-0.05, 0) is 6.42 Å². The number of nitrogens with two attached hydrogens (primary N) is 2. The minimum absolute atomic E-state index is 0.0177. The summed E-state index contributed by atoms with van der Waals surface area (Å²) in [6.45, 7) is 0. The first-order chi connectivity index (χ1) is 7.43. The maximum Gasteiger partial charge on any atom is 0.230 e. The van der Waals surface area contributed by atoms with E-state index < -0.39 is 9.84 Å². The van der Waals surface area contributed by atoms with Gasteiger partial charge in [0.2, 0.25) is 5.91 Å². The molecule has 0 aromatic heterocycles. The lowest BCUT2D eigenvalue weighted by Crippen LogP contribution is -2.37. The normalized spacial score (nSPS) is 24.2. The van der Waals surface area contributed by atoms with Crippen LogP contribution in [0.4, 0.5) is 0 Å². The smallest absolute Gasteiger partial charge is 0.230 e. The molecule has 92 valence electrons. The molecular formula is C7H14N4O3S2. The number of sulfone groups is 1. The third-order valence-electron chi connectivity index (χ3n) is 2.08. The van der Waals surface area contributed by atoms with Gasteiger partial charge in [0, 0.05) is 6.04 Å². The van der Waals surface area contributed by atoms with Gasteiger partial charge in [0.25, 0.3) is 0 Å². The van der Waals surface area contributed by atoms with Crippen LogP contribution in [0.2, 0.25) is 0 Å². The molecule has 0 aromatic rings. The molecule has 1 aliphatic heterocycles. The van der Waals surface area contributed by atoms with Crippen molar-refractivity contribution in [1.29, 1.82) is 0 Å². The van der Waals surface area contributed by atoms with E-state index in [9.17, 15) is 13.2 Å². The second-order valence-corrected chi connectivity index (χ2v) is 6.65. The van der Waals surface area contributed by atoms with Crippen molar-refractivity contribution in [1.82, 2.24) is 5.32 Å². The Kier molecular flexibility index (Phi) is 4.42. The summed E-state index contributed by atoms with van der Waals surface area (Å²) in [5.74, 6) is 4.86. The molecule has 7 nitrogen and oxygen atoms in total. The summed E-state index contributed by atoms with van der Waals surface area (Å²) in [7, 11) is -2.97. The van der Waals surface area contributed by atoms with Gasteiger partial charge in [-0.2, -0.15) is 5.10 Å². The highest BCUT2D eigenvalue weighted by atomic mass is 32.2. The average Bonchev–Trinajstić information content (AvgIpc) is 2.54. The van der Waals surface area contributed by atoms with E-state index in [2.05, 4.69) is 10.4 Å². The predicted molar refractivity (Wildman–Crippen MR) is 63.5 cm³/mol. The van der Waals surface area contributed by atoms with Crippen LogP contribution in [0, 0.1) is 0 Å². The monoisotopic (exact) mass is 266 g/mol. The number of rotatable bonds is 3. The van der Waals surface area contributed by atoms with Crippen molar-refractivity contribution in [2.24, 2.45) is 16.7 Å². The van der Waals surface area contributed by atoms with E-state index in [1.54, 1.807) is 0 Å². The lowest BCUT2D eigenvalue weighted by atomic mass is 10.3. The number of amides is 1. The molecule has 0 saturated carbocycles. The average molecular weight is 266 g/mol. The topological polar surface area (TPSA) is 128 Å². The number of carbonyl (C=O) groups is 1. The Bertz CT molecular complexity index is 392. The molecule has 0 radical (unpaired) electrons. The molecule has 0 aromatic carbocycles. The quantitative estimate of drug-likeness (QED) is 0.239. The number of nitrogens with zero attached hydrogens (tertiary/aromatic N) is 1. The van der Waals surface area contributed by atoms with Crippen molar-refractivity contribution in [3.05, 3.63) is 0 Å². The largest absolute Gasteiger partial charge is 0.377 e. The molecule has 16 heavy (non-hydrogen) atoms. The maximum atomic E-state index is 11.4. The van der Waals surface area contributed by atoms with Gasteiger partial charge in [-0.3, -0.25) is 4.79 Å². The Balaban J connectivity index is 2.31. The Morgan fingerprint density at radius 1 is 1.56 bits per heavy atom. The van der Waals surface area contributed by atoms with Crippen LogP contribution in [0.1, 0.15) is 6.42 Å². The molecule has 0 bridgehead atoms. The van der Waals surface area contributed by atoms with Crippen LogP contribution in [-0.2, 0) is 14.6 Å². The van der Waals surface area contributed by atoms with Gasteiger partial charge in [0.1, 0.15) is 0 Å². The molecule has 5 N–H and O–H groups in total. The highest BCUT2D eigenvalue weighted by Gasteiger charge is 2.28. The number of hydrogen-bond donors (Lipinski definition) is 3. The maximum absolute atomic E-state index is 11.4. The van der Waals surface area contributed by atoms with Crippen LogP contribution in [0.15, 0.2) is 5.10 Å². The fourth-order valence-electron chi connectivity index (χ4n) is 1.35. The molecule has 1 saturated heterocycles. The van der Waals surface area contributed by atoms with Gasteiger partial charge < -0.3 is 16.9 Å². The van der Waals surface area contributed by atoms with Crippen molar-refractivity contribution >= 4 is 32.7 Å². The summed E-state index contributed by atoms with van der Waals surface area (Å²) in [6, 6.07) is -0.283.